The Balaban J connectivity index is 1.67. The predicted molar refractivity (Wildman–Crippen MR) is 82.6 cm³/mol. The summed E-state index contributed by atoms with van der Waals surface area (Å²) in [6, 6.07) is 9.81. The minimum atomic E-state index is -1.05. The topological polar surface area (TPSA) is 101 Å². The summed E-state index contributed by atoms with van der Waals surface area (Å²) >= 11 is 0. The lowest BCUT2D eigenvalue weighted by Gasteiger charge is -2.14. The number of hydrogen-bond donors (Lipinski definition) is 3. The van der Waals surface area contributed by atoms with Crippen molar-refractivity contribution in [1.29, 1.82) is 0 Å². The molecule has 0 saturated carbocycles. The van der Waals surface area contributed by atoms with Crippen LogP contribution in [0.15, 0.2) is 30.3 Å². The second-order valence-corrected chi connectivity index (χ2v) is 5.78. The van der Waals surface area contributed by atoms with E-state index in [1.54, 1.807) is 4.68 Å². The first kappa shape index (κ1) is 16.1. The molecular formula is C16H21N3O4. The first-order chi connectivity index (χ1) is 11.1. The fourth-order valence-corrected chi connectivity index (χ4v) is 2.90. The molecule has 1 saturated heterocycles. The van der Waals surface area contributed by atoms with Gasteiger partial charge >= 0.3 is 0 Å². The summed E-state index contributed by atoms with van der Waals surface area (Å²) < 4.78 is 7.24. The van der Waals surface area contributed by atoms with Gasteiger partial charge in [-0.05, 0) is 13.3 Å². The molecule has 1 fully saturated rings. The van der Waals surface area contributed by atoms with Gasteiger partial charge in [-0.2, -0.15) is 0 Å². The van der Waals surface area contributed by atoms with Crippen molar-refractivity contribution in [3.8, 4) is 11.3 Å². The first-order valence-electron chi connectivity index (χ1n) is 7.69. The molecule has 3 N–H and O–H groups in total. The zero-order valence-corrected chi connectivity index (χ0v) is 12.9. The number of nitrogens with zero attached hydrogens (tertiary/aromatic N) is 3. The van der Waals surface area contributed by atoms with Gasteiger partial charge in [-0.15, -0.1) is 5.10 Å². The monoisotopic (exact) mass is 319 g/mol. The zero-order chi connectivity index (χ0) is 16.4. The van der Waals surface area contributed by atoms with Crippen LogP contribution in [-0.2, 0) is 11.3 Å². The van der Waals surface area contributed by atoms with E-state index in [0.717, 1.165) is 17.0 Å². The van der Waals surface area contributed by atoms with Crippen LogP contribution >= 0.6 is 0 Å². The second kappa shape index (κ2) is 6.76. The predicted octanol–water partition coefficient (Wildman–Crippen LogP) is 0.125. The number of aromatic nitrogens is 3. The van der Waals surface area contributed by atoms with Crippen LogP contribution in [0.3, 0.4) is 0 Å². The summed E-state index contributed by atoms with van der Waals surface area (Å²) in [5, 5.41) is 37.2. The van der Waals surface area contributed by atoms with Crippen molar-refractivity contribution < 1.29 is 20.1 Å². The molecule has 2 heterocycles. The van der Waals surface area contributed by atoms with Gasteiger partial charge < -0.3 is 20.1 Å². The van der Waals surface area contributed by atoms with Gasteiger partial charge in [0.25, 0.3) is 0 Å². The molecular weight excluding hydrogens is 298 g/mol. The average Bonchev–Trinajstić information content (AvgIpc) is 3.08. The molecule has 1 aliphatic rings. The third-order valence-corrected chi connectivity index (χ3v) is 4.30. The van der Waals surface area contributed by atoms with E-state index in [1.807, 2.05) is 37.3 Å². The molecule has 0 spiro atoms. The third kappa shape index (κ3) is 3.13. The highest BCUT2D eigenvalue weighted by Crippen LogP contribution is 2.25. The Morgan fingerprint density at radius 1 is 1.13 bits per heavy atom. The molecule has 1 aromatic carbocycles. The summed E-state index contributed by atoms with van der Waals surface area (Å²) in [7, 11) is 0. The molecule has 0 amide bonds. The van der Waals surface area contributed by atoms with Crippen LogP contribution in [0.1, 0.15) is 12.1 Å². The molecule has 0 bridgehead atoms. The Hall–Kier alpha value is -1.80. The van der Waals surface area contributed by atoms with Crippen LogP contribution in [0.25, 0.3) is 11.3 Å². The Kier molecular flexibility index (Phi) is 4.72. The van der Waals surface area contributed by atoms with Gasteiger partial charge in [0.2, 0.25) is 0 Å². The highest BCUT2D eigenvalue weighted by atomic mass is 16.6. The second-order valence-electron chi connectivity index (χ2n) is 5.78. The highest BCUT2D eigenvalue weighted by Gasteiger charge is 2.41. The van der Waals surface area contributed by atoms with E-state index in [2.05, 4.69) is 10.3 Å². The Bertz CT molecular complexity index is 646. The van der Waals surface area contributed by atoms with Crippen LogP contribution in [0.2, 0.25) is 0 Å². The van der Waals surface area contributed by atoms with Crippen LogP contribution in [0.5, 0.6) is 0 Å². The van der Waals surface area contributed by atoms with Crippen molar-refractivity contribution in [2.45, 2.75) is 44.3 Å². The maximum Gasteiger partial charge on any atom is 0.115 e. The third-order valence-electron chi connectivity index (χ3n) is 4.30. The minimum Gasteiger partial charge on any atom is -0.394 e. The van der Waals surface area contributed by atoms with Gasteiger partial charge in [0.15, 0.2) is 0 Å². The van der Waals surface area contributed by atoms with Crippen LogP contribution in [0, 0.1) is 6.92 Å². The van der Waals surface area contributed by atoms with Crippen molar-refractivity contribution in [3.05, 3.63) is 36.0 Å². The van der Waals surface area contributed by atoms with Crippen LogP contribution in [0.4, 0.5) is 0 Å². The molecule has 1 aromatic heterocycles. The van der Waals surface area contributed by atoms with Gasteiger partial charge in [-0.25, -0.2) is 4.68 Å². The van der Waals surface area contributed by atoms with Gasteiger partial charge in [0.05, 0.1) is 18.4 Å². The fourth-order valence-electron chi connectivity index (χ4n) is 2.90. The number of benzene rings is 1. The smallest absolute Gasteiger partial charge is 0.115 e. The maximum atomic E-state index is 9.96. The van der Waals surface area contributed by atoms with Crippen LogP contribution in [-0.4, -0.2) is 61.3 Å². The minimum absolute atomic E-state index is 0.310. The molecule has 1 aliphatic heterocycles. The number of hydrogen-bond acceptors (Lipinski definition) is 6. The van der Waals surface area contributed by atoms with Crippen molar-refractivity contribution in [2.24, 2.45) is 0 Å². The van der Waals surface area contributed by atoms with E-state index in [-0.39, 0.29) is 6.61 Å². The summed E-state index contributed by atoms with van der Waals surface area (Å²) in [6.07, 6.45) is -2.82. The maximum absolute atomic E-state index is 9.96. The lowest BCUT2D eigenvalue weighted by molar-refractivity contribution is -0.0253. The molecule has 2 aromatic rings. The number of aryl methyl sites for hydroxylation is 1. The van der Waals surface area contributed by atoms with E-state index in [1.165, 1.54) is 0 Å². The van der Waals surface area contributed by atoms with Gasteiger partial charge in [-0.1, -0.05) is 35.5 Å². The average molecular weight is 319 g/mol. The molecule has 4 atom stereocenters. The number of aliphatic hydroxyl groups is 3. The Labute approximate surface area is 134 Å². The fraction of sp³-hybridized carbons (Fsp3) is 0.500. The molecule has 124 valence electrons. The molecule has 0 radical (unpaired) electrons. The number of rotatable bonds is 5. The molecule has 7 nitrogen and oxygen atoms in total. The number of aliphatic hydroxyl groups excluding tert-OH is 3. The van der Waals surface area contributed by atoms with Crippen molar-refractivity contribution in [2.75, 3.05) is 6.61 Å². The molecule has 7 heteroatoms. The van der Waals surface area contributed by atoms with E-state index in [9.17, 15) is 10.2 Å². The molecule has 0 unspecified atom stereocenters. The standard InChI is InChI=1S/C16H21N3O4/c1-10-14(11-5-3-2-4-6-11)17-18-19(10)8-7-12-15(21)16(22)13(9-20)23-12/h2-6,12-13,15-16,20-22H,7-9H2,1H3/t12-,13+,15-,16+/m0/s1. The van der Waals surface area contributed by atoms with Gasteiger partial charge in [0, 0.05) is 12.1 Å². The molecule has 0 aliphatic carbocycles. The normalized spacial score (nSPS) is 27.5. The molecule has 3 rings (SSSR count). The van der Waals surface area contributed by atoms with Crippen molar-refractivity contribution in [1.82, 2.24) is 15.0 Å². The van der Waals surface area contributed by atoms with Crippen molar-refractivity contribution >= 4 is 0 Å². The lowest BCUT2D eigenvalue weighted by atomic mass is 10.1. The summed E-state index contributed by atoms with van der Waals surface area (Å²) in [5.74, 6) is 0. The van der Waals surface area contributed by atoms with Gasteiger partial charge in [-0.3, -0.25) is 0 Å². The number of ether oxygens (including phenoxy) is 1. The SMILES string of the molecule is Cc1c(-c2ccccc2)nnn1CC[C@@H]1O[C@H](CO)[C@@H](O)[C@H]1O. The van der Waals surface area contributed by atoms with E-state index in [0.29, 0.717) is 13.0 Å². The Morgan fingerprint density at radius 2 is 1.83 bits per heavy atom. The zero-order valence-electron chi connectivity index (χ0n) is 12.9. The summed E-state index contributed by atoms with van der Waals surface area (Å²) in [4.78, 5) is 0. The van der Waals surface area contributed by atoms with E-state index >= 15 is 0 Å². The summed E-state index contributed by atoms with van der Waals surface area (Å²) in [5.41, 5.74) is 2.76. The van der Waals surface area contributed by atoms with Gasteiger partial charge in [0.1, 0.15) is 24.0 Å². The first-order valence-corrected chi connectivity index (χ1v) is 7.69. The largest absolute Gasteiger partial charge is 0.394 e. The quantitative estimate of drug-likeness (QED) is 0.724. The van der Waals surface area contributed by atoms with E-state index in [4.69, 9.17) is 9.84 Å². The van der Waals surface area contributed by atoms with Crippen LogP contribution < -0.4 is 0 Å². The highest BCUT2D eigenvalue weighted by molar-refractivity contribution is 5.60. The van der Waals surface area contributed by atoms with E-state index < -0.39 is 24.4 Å². The summed E-state index contributed by atoms with van der Waals surface area (Å²) in [6.45, 7) is 2.15. The Morgan fingerprint density at radius 3 is 2.48 bits per heavy atom. The molecule has 23 heavy (non-hydrogen) atoms. The van der Waals surface area contributed by atoms with Crippen molar-refractivity contribution in [3.63, 3.8) is 0 Å². The lowest BCUT2D eigenvalue weighted by Crippen LogP contribution is -2.34.